The highest BCUT2D eigenvalue weighted by molar-refractivity contribution is 6.04. The first-order valence-corrected chi connectivity index (χ1v) is 7.74. The van der Waals surface area contributed by atoms with Crippen LogP contribution in [0.25, 0.3) is 0 Å². The van der Waals surface area contributed by atoms with Crippen molar-refractivity contribution in [3.8, 4) is 11.5 Å². The van der Waals surface area contributed by atoms with Crippen molar-refractivity contribution in [1.82, 2.24) is 4.90 Å². The summed E-state index contributed by atoms with van der Waals surface area (Å²) in [5, 5.41) is 8.37. The van der Waals surface area contributed by atoms with Gasteiger partial charge in [0.05, 0.1) is 24.3 Å². The number of benzene rings is 1. The largest absolute Gasteiger partial charge is 0.490 e. The first-order valence-electron chi connectivity index (χ1n) is 7.74. The van der Waals surface area contributed by atoms with Gasteiger partial charge < -0.3 is 14.4 Å². The van der Waals surface area contributed by atoms with Gasteiger partial charge >= 0.3 is 0 Å². The number of hydrogen-bond donors (Lipinski definition) is 1. The van der Waals surface area contributed by atoms with Crippen LogP contribution >= 0.6 is 0 Å². The number of halogens is 1. The maximum absolute atomic E-state index is 15.0. The maximum atomic E-state index is 15.0. The predicted molar refractivity (Wildman–Crippen MR) is 89.9 cm³/mol. The fourth-order valence-corrected chi connectivity index (χ4v) is 3.21. The van der Waals surface area contributed by atoms with Crippen LogP contribution in [0, 0.1) is 11.2 Å². The molecule has 0 aromatic heterocycles. The van der Waals surface area contributed by atoms with Gasteiger partial charge in [-0.15, -0.1) is 0 Å². The van der Waals surface area contributed by atoms with E-state index in [2.05, 4.69) is 0 Å². The van der Waals surface area contributed by atoms with E-state index in [1.165, 1.54) is 0 Å². The number of hydrogen-bond acceptors (Lipinski definition) is 3. The van der Waals surface area contributed by atoms with Gasteiger partial charge in [-0.2, -0.15) is 0 Å². The SMILES string of the molecule is C.CC=CN1C(=N)c2c(cc(OCC)c(OCC)c2F)C12CC2. The average Bonchev–Trinajstić information content (AvgIpc) is 3.25. The molecule has 1 aromatic rings. The second kappa shape index (κ2) is 6.22. The molecule has 0 bridgehead atoms. The molecular formula is C18H25FN2O2. The average molecular weight is 320 g/mol. The summed E-state index contributed by atoms with van der Waals surface area (Å²) in [4.78, 5) is 1.87. The molecule has 0 unspecified atom stereocenters. The lowest BCUT2D eigenvalue weighted by atomic mass is 10.0. The van der Waals surface area contributed by atoms with E-state index in [0.717, 1.165) is 18.4 Å². The molecule has 1 spiro atoms. The molecule has 0 amide bonds. The second-order valence-corrected chi connectivity index (χ2v) is 5.54. The van der Waals surface area contributed by atoms with E-state index in [1.54, 1.807) is 0 Å². The molecule has 1 fully saturated rings. The van der Waals surface area contributed by atoms with Crippen LogP contribution in [0.3, 0.4) is 0 Å². The van der Waals surface area contributed by atoms with E-state index in [0.29, 0.717) is 24.5 Å². The van der Waals surface area contributed by atoms with Gasteiger partial charge in [-0.05, 0) is 45.2 Å². The Bertz CT molecular complexity index is 651. The Balaban J connectivity index is 0.00000192. The molecule has 126 valence electrons. The van der Waals surface area contributed by atoms with Crippen LogP contribution in [0.1, 0.15) is 52.2 Å². The minimum Gasteiger partial charge on any atom is -0.490 e. The number of ether oxygens (including phenoxy) is 2. The molecular weight excluding hydrogens is 295 g/mol. The highest BCUT2D eigenvalue weighted by Gasteiger charge is 2.57. The molecule has 2 aliphatic rings. The van der Waals surface area contributed by atoms with Gasteiger partial charge in [-0.3, -0.25) is 5.41 Å². The van der Waals surface area contributed by atoms with Gasteiger partial charge in [0.25, 0.3) is 0 Å². The van der Waals surface area contributed by atoms with Gasteiger partial charge in [-0.1, -0.05) is 13.5 Å². The van der Waals surface area contributed by atoms with Crippen LogP contribution in [0.4, 0.5) is 4.39 Å². The van der Waals surface area contributed by atoms with Crippen molar-refractivity contribution in [1.29, 1.82) is 5.41 Å². The quantitative estimate of drug-likeness (QED) is 0.873. The zero-order valence-electron chi connectivity index (χ0n) is 13.2. The molecule has 5 heteroatoms. The second-order valence-electron chi connectivity index (χ2n) is 5.54. The van der Waals surface area contributed by atoms with E-state index in [1.807, 2.05) is 44.0 Å². The van der Waals surface area contributed by atoms with E-state index < -0.39 is 5.82 Å². The summed E-state index contributed by atoms with van der Waals surface area (Å²) in [6.07, 6.45) is 5.58. The predicted octanol–water partition coefficient (Wildman–Crippen LogP) is 4.42. The zero-order chi connectivity index (χ0) is 15.9. The molecule has 1 aliphatic heterocycles. The molecule has 1 aromatic carbocycles. The highest BCUT2D eigenvalue weighted by atomic mass is 19.1. The molecule has 4 nitrogen and oxygen atoms in total. The Kier molecular flexibility index (Phi) is 4.68. The first-order chi connectivity index (χ1) is 10.6. The summed E-state index contributed by atoms with van der Waals surface area (Å²) < 4.78 is 26.0. The van der Waals surface area contributed by atoms with Crippen LogP contribution in [0.5, 0.6) is 11.5 Å². The van der Waals surface area contributed by atoms with E-state index >= 15 is 0 Å². The van der Waals surface area contributed by atoms with Crippen molar-refractivity contribution >= 4 is 5.84 Å². The van der Waals surface area contributed by atoms with Gasteiger partial charge in [0.15, 0.2) is 17.3 Å². The Morgan fingerprint density at radius 3 is 2.48 bits per heavy atom. The highest BCUT2D eigenvalue weighted by Crippen LogP contribution is 2.59. The topological polar surface area (TPSA) is 45.6 Å². The van der Waals surface area contributed by atoms with Crippen LogP contribution in [0.15, 0.2) is 18.3 Å². The van der Waals surface area contributed by atoms with Crippen molar-refractivity contribution in [2.24, 2.45) is 0 Å². The monoisotopic (exact) mass is 320 g/mol. The number of fused-ring (bicyclic) bond motifs is 2. The fourth-order valence-electron chi connectivity index (χ4n) is 3.21. The number of nitrogens with zero attached hydrogens (tertiary/aromatic N) is 1. The molecule has 1 aliphatic carbocycles. The lowest BCUT2D eigenvalue weighted by Crippen LogP contribution is -2.27. The van der Waals surface area contributed by atoms with E-state index in [4.69, 9.17) is 14.9 Å². The number of allylic oxidation sites excluding steroid dienone is 1. The summed E-state index contributed by atoms with van der Waals surface area (Å²) >= 11 is 0. The lowest BCUT2D eigenvalue weighted by Gasteiger charge is -2.22. The number of amidine groups is 1. The molecule has 0 radical (unpaired) electrons. The van der Waals surface area contributed by atoms with E-state index in [9.17, 15) is 4.39 Å². The van der Waals surface area contributed by atoms with Gasteiger partial charge in [0.2, 0.25) is 0 Å². The summed E-state index contributed by atoms with van der Waals surface area (Å²) in [7, 11) is 0. The van der Waals surface area contributed by atoms with E-state index in [-0.39, 0.29) is 24.6 Å². The number of rotatable bonds is 5. The first kappa shape index (κ1) is 17.3. The third-order valence-corrected chi connectivity index (χ3v) is 4.24. The minimum absolute atomic E-state index is 0. The van der Waals surface area contributed by atoms with Crippen LogP contribution in [-0.2, 0) is 5.54 Å². The third-order valence-electron chi connectivity index (χ3n) is 4.24. The van der Waals surface area contributed by atoms with Crippen LogP contribution < -0.4 is 9.47 Å². The van der Waals surface area contributed by atoms with Crippen molar-refractivity contribution < 1.29 is 13.9 Å². The van der Waals surface area contributed by atoms with Crippen molar-refractivity contribution in [3.05, 3.63) is 35.3 Å². The third kappa shape index (κ3) is 2.38. The van der Waals surface area contributed by atoms with Crippen molar-refractivity contribution in [2.75, 3.05) is 13.2 Å². The normalized spacial score (nSPS) is 17.4. The molecule has 1 N–H and O–H groups in total. The fraction of sp³-hybridized carbons (Fsp3) is 0.500. The minimum atomic E-state index is -0.480. The Morgan fingerprint density at radius 2 is 1.96 bits per heavy atom. The van der Waals surface area contributed by atoms with Gasteiger partial charge in [-0.25, -0.2) is 4.39 Å². The van der Waals surface area contributed by atoms with Gasteiger partial charge in [0, 0.05) is 6.20 Å². The van der Waals surface area contributed by atoms with Crippen molar-refractivity contribution in [2.45, 2.75) is 46.6 Å². The maximum Gasteiger partial charge on any atom is 0.197 e. The van der Waals surface area contributed by atoms with Crippen LogP contribution in [-0.4, -0.2) is 23.9 Å². The van der Waals surface area contributed by atoms with Gasteiger partial charge in [0.1, 0.15) is 5.84 Å². The summed E-state index contributed by atoms with van der Waals surface area (Å²) in [6.45, 7) is 6.37. The summed E-state index contributed by atoms with van der Waals surface area (Å²) in [5.41, 5.74) is 0.929. The molecule has 1 heterocycles. The summed E-state index contributed by atoms with van der Waals surface area (Å²) in [5.74, 6) is 0.270. The summed E-state index contributed by atoms with van der Waals surface area (Å²) in [6, 6.07) is 1.86. The standard InChI is InChI=1S/C17H21FN2O2.CH4/c1-4-9-20-16(19)13-11(17(20)7-8-17)10-12(21-5-2)15(14(13)18)22-6-3;/h4,9-10,19H,5-8H2,1-3H3;1H4. The number of nitrogens with one attached hydrogen (secondary N) is 1. The Hall–Kier alpha value is -2.04. The van der Waals surface area contributed by atoms with Crippen LogP contribution in [0.2, 0.25) is 0 Å². The molecule has 1 saturated carbocycles. The van der Waals surface area contributed by atoms with Crippen molar-refractivity contribution in [3.63, 3.8) is 0 Å². The smallest absolute Gasteiger partial charge is 0.197 e. The zero-order valence-corrected chi connectivity index (χ0v) is 13.2. The molecule has 23 heavy (non-hydrogen) atoms. The Morgan fingerprint density at radius 1 is 1.30 bits per heavy atom. The lowest BCUT2D eigenvalue weighted by molar-refractivity contribution is 0.274. The Labute approximate surface area is 137 Å². The molecule has 0 atom stereocenters. The molecule has 0 saturated heterocycles. The molecule has 3 rings (SSSR count).